The standard InChI is InChI=1S/C13H14BrCl2N3/c1-3-19-12(13(16)8(2)18-19)7-17-9-4-5-11(15)10(14)6-9/h4-6,17H,3,7H2,1-2H3. The smallest absolute Gasteiger partial charge is 0.0865 e. The summed E-state index contributed by atoms with van der Waals surface area (Å²) in [7, 11) is 0. The number of halogens is 3. The number of hydrogen-bond acceptors (Lipinski definition) is 2. The second-order valence-corrected chi connectivity index (χ2v) is 5.78. The number of aromatic nitrogens is 2. The van der Waals surface area contributed by atoms with Crippen molar-refractivity contribution in [2.45, 2.75) is 26.9 Å². The lowest BCUT2D eigenvalue weighted by Crippen LogP contribution is -2.08. The Morgan fingerprint density at radius 1 is 1.37 bits per heavy atom. The minimum atomic E-state index is 0.627. The molecule has 0 saturated carbocycles. The van der Waals surface area contributed by atoms with Gasteiger partial charge in [-0.2, -0.15) is 5.10 Å². The molecule has 1 N–H and O–H groups in total. The Balaban J connectivity index is 2.16. The van der Waals surface area contributed by atoms with Crippen LogP contribution >= 0.6 is 39.1 Å². The van der Waals surface area contributed by atoms with Crippen LogP contribution in [0.4, 0.5) is 5.69 Å². The summed E-state index contributed by atoms with van der Waals surface area (Å²) >= 11 is 15.6. The van der Waals surface area contributed by atoms with Crippen molar-refractivity contribution < 1.29 is 0 Å². The van der Waals surface area contributed by atoms with Gasteiger partial charge in [0.15, 0.2) is 0 Å². The number of anilines is 1. The average Bonchev–Trinajstić information content (AvgIpc) is 2.67. The quantitative estimate of drug-likeness (QED) is 0.838. The first-order valence-electron chi connectivity index (χ1n) is 5.93. The summed E-state index contributed by atoms with van der Waals surface area (Å²) in [6, 6.07) is 5.72. The molecule has 0 spiro atoms. The molecule has 102 valence electrons. The van der Waals surface area contributed by atoms with E-state index in [0.717, 1.165) is 33.1 Å². The van der Waals surface area contributed by atoms with Gasteiger partial charge >= 0.3 is 0 Å². The Hall–Kier alpha value is -0.710. The van der Waals surface area contributed by atoms with Crippen LogP contribution in [0.3, 0.4) is 0 Å². The zero-order valence-corrected chi connectivity index (χ0v) is 13.8. The maximum absolute atomic E-state index is 6.26. The van der Waals surface area contributed by atoms with Gasteiger partial charge in [0.05, 0.1) is 28.0 Å². The van der Waals surface area contributed by atoms with Gasteiger partial charge in [0.25, 0.3) is 0 Å². The van der Waals surface area contributed by atoms with Gasteiger partial charge in [0.1, 0.15) is 0 Å². The van der Waals surface area contributed by atoms with Crippen LogP contribution in [-0.4, -0.2) is 9.78 Å². The minimum Gasteiger partial charge on any atom is -0.379 e. The lowest BCUT2D eigenvalue weighted by molar-refractivity contribution is 0.623. The van der Waals surface area contributed by atoms with E-state index >= 15 is 0 Å². The fourth-order valence-corrected chi connectivity index (χ4v) is 2.53. The van der Waals surface area contributed by atoms with E-state index < -0.39 is 0 Å². The van der Waals surface area contributed by atoms with Gasteiger partial charge in [-0.05, 0) is 48.0 Å². The number of aryl methyl sites for hydroxylation is 2. The van der Waals surface area contributed by atoms with E-state index in [1.807, 2.05) is 36.7 Å². The van der Waals surface area contributed by atoms with Crippen molar-refractivity contribution in [3.63, 3.8) is 0 Å². The van der Waals surface area contributed by atoms with E-state index in [0.29, 0.717) is 11.6 Å². The molecule has 0 atom stereocenters. The Kier molecular flexibility index (Phi) is 4.76. The topological polar surface area (TPSA) is 29.9 Å². The molecule has 1 heterocycles. The fourth-order valence-electron chi connectivity index (χ4n) is 1.83. The molecule has 2 aromatic rings. The molecule has 0 bridgehead atoms. The van der Waals surface area contributed by atoms with Crippen LogP contribution in [0.1, 0.15) is 18.3 Å². The molecule has 0 amide bonds. The summed E-state index contributed by atoms with van der Waals surface area (Å²) in [5.74, 6) is 0. The van der Waals surface area contributed by atoms with E-state index in [1.54, 1.807) is 0 Å². The molecule has 3 nitrogen and oxygen atoms in total. The van der Waals surface area contributed by atoms with Crippen molar-refractivity contribution in [1.82, 2.24) is 9.78 Å². The molecular weight excluding hydrogens is 349 g/mol. The number of rotatable bonds is 4. The van der Waals surface area contributed by atoms with Gasteiger partial charge in [-0.3, -0.25) is 4.68 Å². The minimum absolute atomic E-state index is 0.627. The first-order chi connectivity index (χ1) is 9.02. The van der Waals surface area contributed by atoms with E-state index in [2.05, 4.69) is 26.3 Å². The van der Waals surface area contributed by atoms with Gasteiger partial charge in [0, 0.05) is 16.7 Å². The number of benzene rings is 1. The highest BCUT2D eigenvalue weighted by Crippen LogP contribution is 2.26. The Bertz CT molecular complexity index is 596. The van der Waals surface area contributed by atoms with Gasteiger partial charge in [-0.15, -0.1) is 0 Å². The zero-order valence-electron chi connectivity index (χ0n) is 10.7. The molecule has 1 aromatic carbocycles. The lowest BCUT2D eigenvalue weighted by Gasteiger charge is -2.09. The average molecular weight is 363 g/mol. The third-order valence-electron chi connectivity index (χ3n) is 2.83. The lowest BCUT2D eigenvalue weighted by atomic mass is 10.3. The Morgan fingerprint density at radius 3 is 2.74 bits per heavy atom. The van der Waals surface area contributed by atoms with Crippen LogP contribution in [0.15, 0.2) is 22.7 Å². The van der Waals surface area contributed by atoms with Crippen LogP contribution in [0.25, 0.3) is 0 Å². The molecule has 6 heteroatoms. The molecule has 0 radical (unpaired) electrons. The number of nitrogens with zero attached hydrogens (tertiary/aromatic N) is 2. The molecule has 0 unspecified atom stereocenters. The predicted molar refractivity (Wildman–Crippen MR) is 84.1 cm³/mol. The van der Waals surface area contributed by atoms with Gasteiger partial charge < -0.3 is 5.32 Å². The van der Waals surface area contributed by atoms with Crippen molar-refractivity contribution in [1.29, 1.82) is 0 Å². The van der Waals surface area contributed by atoms with E-state index in [-0.39, 0.29) is 0 Å². The highest BCUT2D eigenvalue weighted by molar-refractivity contribution is 9.10. The van der Waals surface area contributed by atoms with Gasteiger partial charge in [-0.1, -0.05) is 23.2 Å². The van der Waals surface area contributed by atoms with E-state index in [9.17, 15) is 0 Å². The summed E-state index contributed by atoms with van der Waals surface area (Å²) in [5.41, 5.74) is 2.83. The molecule has 0 aliphatic carbocycles. The summed E-state index contributed by atoms with van der Waals surface area (Å²) in [6.07, 6.45) is 0. The molecule has 0 fully saturated rings. The van der Waals surface area contributed by atoms with Crippen LogP contribution in [-0.2, 0) is 13.1 Å². The molecule has 2 rings (SSSR count). The highest BCUT2D eigenvalue weighted by atomic mass is 79.9. The third-order valence-corrected chi connectivity index (χ3v) is 4.54. The maximum Gasteiger partial charge on any atom is 0.0865 e. The van der Waals surface area contributed by atoms with Crippen LogP contribution in [0.5, 0.6) is 0 Å². The molecule has 1 aromatic heterocycles. The Morgan fingerprint density at radius 2 is 2.11 bits per heavy atom. The van der Waals surface area contributed by atoms with Crippen LogP contribution < -0.4 is 5.32 Å². The number of hydrogen-bond donors (Lipinski definition) is 1. The summed E-state index contributed by atoms with van der Waals surface area (Å²) in [6.45, 7) is 5.39. The molecule has 0 saturated heterocycles. The zero-order chi connectivity index (χ0) is 14.0. The molecule has 19 heavy (non-hydrogen) atoms. The Labute approximate surface area is 131 Å². The molecule has 0 aliphatic rings. The fraction of sp³-hybridized carbons (Fsp3) is 0.308. The normalized spacial score (nSPS) is 10.8. The first kappa shape index (κ1) is 14.7. The van der Waals surface area contributed by atoms with E-state index in [4.69, 9.17) is 23.2 Å². The maximum atomic E-state index is 6.26. The summed E-state index contributed by atoms with van der Waals surface area (Å²) < 4.78 is 2.78. The molecular formula is C13H14BrCl2N3. The molecule has 0 aliphatic heterocycles. The third kappa shape index (κ3) is 3.25. The SMILES string of the molecule is CCn1nc(C)c(Cl)c1CNc1ccc(Cl)c(Br)c1. The van der Waals surface area contributed by atoms with Crippen LogP contribution in [0.2, 0.25) is 10.0 Å². The monoisotopic (exact) mass is 361 g/mol. The van der Waals surface area contributed by atoms with Crippen molar-refractivity contribution in [3.8, 4) is 0 Å². The van der Waals surface area contributed by atoms with Crippen molar-refractivity contribution >= 4 is 44.8 Å². The second kappa shape index (κ2) is 6.16. The van der Waals surface area contributed by atoms with Crippen molar-refractivity contribution in [2.75, 3.05) is 5.32 Å². The predicted octanol–water partition coefficient (Wildman–Crippen LogP) is 4.89. The first-order valence-corrected chi connectivity index (χ1v) is 7.48. The largest absolute Gasteiger partial charge is 0.379 e. The van der Waals surface area contributed by atoms with Crippen molar-refractivity contribution in [3.05, 3.63) is 44.1 Å². The number of nitrogens with one attached hydrogen (secondary N) is 1. The van der Waals surface area contributed by atoms with Gasteiger partial charge in [-0.25, -0.2) is 0 Å². The van der Waals surface area contributed by atoms with Crippen molar-refractivity contribution in [2.24, 2.45) is 0 Å². The second-order valence-electron chi connectivity index (χ2n) is 4.14. The van der Waals surface area contributed by atoms with Gasteiger partial charge in [0.2, 0.25) is 0 Å². The van der Waals surface area contributed by atoms with Crippen LogP contribution in [0, 0.1) is 6.92 Å². The highest BCUT2D eigenvalue weighted by Gasteiger charge is 2.12. The van der Waals surface area contributed by atoms with E-state index in [1.165, 1.54) is 0 Å². The summed E-state index contributed by atoms with van der Waals surface area (Å²) in [5, 5.41) is 9.13. The summed E-state index contributed by atoms with van der Waals surface area (Å²) in [4.78, 5) is 0.